The van der Waals surface area contributed by atoms with E-state index in [-0.39, 0.29) is 18.1 Å². The van der Waals surface area contributed by atoms with E-state index in [1.54, 1.807) is 6.07 Å². The topological polar surface area (TPSA) is 29.1 Å². The molecule has 2 rings (SSSR count). The van der Waals surface area contributed by atoms with Crippen molar-refractivity contribution < 1.29 is 9.18 Å². The number of hydrogen-bond acceptors (Lipinski definition) is 1. The van der Waals surface area contributed by atoms with E-state index in [1.807, 2.05) is 30.3 Å². The molecule has 0 unspecified atom stereocenters. The second-order valence-electron chi connectivity index (χ2n) is 3.83. The Morgan fingerprint density at radius 1 is 1.17 bits per heavy atom. The molecule has 0 bridgehead atoms. The molecular weight excluding hydrogens is 297 g/mol. The van der Waals surface area contributed by atoms with Gasteiger partial charge in [0.25, 0.3) is 0 Å². The summed E-state index contributed by atoms with van der Waals surface area (Å²) in [5.41, 5.74) is 1.36. The summed E-state index contributed by atoms with van der Waals surface area (Å²) in [6.07, 6.45) is 0.268. The lowest BCUT2D eigenvalue weighted by atomic mass is 10.1. The largest absolute Gasteiger partial charge is 0.325 e. The van der Waals surface area contributed by atoms with Gasteiger partial charge in [-0.2, -0.15) is 0 Å². The van der Waals surface area contributed by atoms with Crippen LogP contribution in [-0.4, -0.2) is 5.91 Å². The van der Waals surface area contributed by atoms with E-state index < -0.39 is 0 Å². The molecule has 0 atom stereocenters. The molecule has 1 amide bonds. The summed E-state index contributed by atoms with van der Waals surface area (Å²) in [5.74, 6) is -0.555. The predicted octanol–water partition coefficient (Wildman–Crippen LogP) is 3.77. The number of halogens is 2. The molecule has 0 heterocycles. The number of nitrogens with one attached hydrogen (secondary N) is 1. The SMILES string of the molecule is O=C(Cc1ccccc1)Nc1cc(F)ccc1Br. The van der Waals surface area contributed by atoms with E-state index >= 15 is 0 Å². The molecule has 0 aromatic heterocycles. The number of benzene rings is 2. The van der Waals surface area contributed by atoms with Crippen molar-refractivity contribution >= 4 is 27.5 Å². The molecule has 2 aromatic carbocycles. The predicted molar refractivity (Wildman–Crippen MR) is 72.9 cm³/mol. The normalized spacial score (nSPS) is 10.1. The van der Waals surface area contributed by atoms with Crippen molar-refractivity contribution in [2.45, 2.75) is 6.42 Å². The maximum Gasteiger partial charge on any atom is 0.228 e. The minimum absolute atomic E-state index is 0.174. The number of rotatable bonds is 3. The Morgan fingerprint density at radius 2 is 1.89 bits per heavy atom. The third-order valence-electron chi connectivity index (χ3n) is 2.41. The average Bonchev–Trinajstić information content (AvgIpc) is 2.35. The highest BCUT2D eigenvalue weighted by Gasteiger charge is 2.07. The van der Waals surface area contributed by atoms with Crippen molar-refractivity contribution in [3.05, 3.63) is 64.4 Å². The van der Waals surface area contributed by atoms with Crippen LogP contribution in [0.2, 0.25) is 0 Å². The first-order valence-electron chi connectivity index (χ1n) is 5.44. The fourth-order valence-corrected chi connectivity index (χ4v) is 1.91. The van der Waals surface area contributed by atoms with E-state index in [0.717, 1.165) is 5.56 Å². The maximum absolute atomic E-state index is 13.1. The van der Waals surface area contributed by atoms with Crippen molar-refractivity contribution in [1.29, 1.82) is 0 Å². The molecule has 1 N–H and O–H groups in total. The van der Waals surface area contributed by atoms with Crippen LogP contribution in [0.5, 0.6) is 0 Å². The van der Waals surface area contributed by atoms with Crippen molar-refractivity contribution in [2.75, 3.05) is 5.32 Å². The van der Waals surface area contributed by atoms with E-state index in [4.69, 9.17) is 0 Å². The smallest absolute Gasteiger partial charge is 0.228 e. The summed E-state index contributed by atoms with van der Waals surface area (Å²) in [7, 11) is 0. The molecule has 18 heavy (non-hydrogen) atoms. The first-order chi connectivity index (χ1) is 8.65. The Morgan fingerprint density at radius 3 is 2.61 bits per heavy atom. The number of hydrogen-bond donors (Lipinski definition) is 1. The monoisotopic (exact) mass is 307 g/mol. The number of carbonyl (C=O) groups excluding carboxylic acids is 1. The Hall–Kier alpha value is -1.68. The summed E-state index contributed by atoms with van der Waals surface area (Å²) in [4.78, 5) is 11.8. The van der Waals surface area contributed by atoms with Crippen molar-refractivity contribution in [3.63, 3.8) is 0 Å². The van der Waals surface area contributed by atoms with Crippen LogP contribution in [0, 0.1) is 5.82 Å². The Bertz CT molecular complexity index is 557. The quantitative estimate of drug-likeness (QED) is 0.919. The standard InChI is InChI=1S/C14H11BrFNO/c15-12-7-6-11(16)9-13(12)17-14(18)8-10-4-2-1-3-5-10/h1-7,9H,8H2,(H,17,18). The molecule has 0 spiro atoms. The highest BCUT2D eigenvalue weighted by atomic mass is 79.9. The highest BCUT2D eigenvalue weighted by Crippen LogP contribution is 2.23. The Kier molecular flexibility index (Phi) is 4.10. The van der Waals surface area contributed by atoms with Gasteiger partial charge >= 0.3 is 0 Å². The second kappa shape index (κ2) is 5.78. The van der Waals surface area contributed by atoms with Gasteiger partial charge in [0.15, 0.2) is 0 Å². The zero-order chi connectivity index (χ0) is 13.0. The summed E-state index contributed by atoms with van der Waals surface area (Å²) in [6.45, 7) is 0. The van der Waals surface area contributed by atoms with Gasteiger partial charge in [-0.15, -0.1) is 0 Å². The molecule has 0 aliphatic carbocycles. The minimum atomic E-state index is -0.381. The third kappa shape index (κ3) is 3.40. The van der Waals surface area contributed by atoms with E-state index in [1.165, 1.54) is 12.1 Å². The lowest BCUT2D eigenvalue weighted by molar-refractivity contribution is -0.115. The van der Waals surface area contributed by atoms with Crippen LogP contribution in [0.3, 0.4) is 0 Å². The summed E-state index contributed by atoms with van der Waals surface area (Å²) >= 11 is 3.26. The van der Waals surface area contributed by atoms with Gasteiger partial charge in [0, 0.05) is 4.47 Å². The lowest BCUT2D eigenvalue weighted by Gasteiger charge is -2.07. The zero-order valence-corrected chi connectivity index (χ0v) is 11.1. The molecule has 0 aliphatic rings. The average molecular weight is 308 g/mol. The van der Waals surface area contributed by atoms with Gasteiger partial charge in [-0.1, -0.05) is 30.3 Å². The van der Waals surface area contributed by atoms with Crippen LogP contribution >= 0.6 is 15.9 Å². The van der Waals surface area contributed by atoms with Gasteiger partial charge in [0.05, 0.1) is 12.1 Å². The van der Waals surface area contributed by atoms with Gasteiger partial charge in [0.2, 0.25) is 5.91 Å². The number of anilines is 1. The highest BCUT2D eigenvalue weighted by molar-refractivity contribution is 9.10. The van der Waals surface area contributed by atoms with Gasteiger partial charge in [0.1, 0.15) is 5.82 Å². The van der Waals surface area contributed by atoms with Gasteiger partial charge in [-0.25, -0.2) is 4.39 Å². The zero-order valence-electron chi connectivity index (χ0n) is 9.49. The molecule has 0 saturated heterocycles. The fourth-order valence-electron chi connectivity index (χ4n) is 1.57. The Labute approximate surface area is 113 Å². The molecule has 0 saturated carbocycles. The molecule has 92 valence electrons. The summed E-state index contributed by atoms with van der Waals surface area (Å²) in [6, 6.07) is 13.6. The van der Waals surface area contributed by atoms with Crippen LogP contribution in [0.4, 0.5) is 10.1 Å². The molecule has 2 aromatic rings. The fraction of sp³-hybridized carbons (Fsp3) is 0.0714. The molecule has 2 nitrogen and oxygen atoms in total. The molecule has 0 aliphatic heterocycles. The maximum atomic E-state index is 13.1. The molecular formula is C14H11BrFNO. The van der Waals surface area contributed by atoms with Crippen LogP contribution in [0.25, 0.3) is 0 Å². The lowest BCUT2D eigenvalue weighted by Crippen LogP contribution is -2.14. The summed E-state index contributed by atoms with van der Waals surface area (Å²) in [5, 5.41) is 2.67. The third-order valence-corrected chi connectivity index (χ3v) is 3.10. The van der Waals surface area contributed by atoms with E-state index in [2.05, 4.69) is 21.2 Å². The minimum Gasteiger partial charge on any atom is -0.325 e. The number of amides is 1. The van der Waals surface area contributed by atoms with E-state index in [9.17, 15) is 9.18 Å². The first kappa shape index (κ1) is 12.8. The van der Waals surface area contributed by atoms with Crippen LogP contribution in [0.1, 0.15) is 5.56 Å². The summed E-state index contributed by atoms with van der Waals surface area (Å²) < 4.78 is 13.7. The van der Waals surface area contributed by atoms with Crippen LogP contribution in [-0.2, 0) is 11.2 Å². The molecule has 4 heteroatoms. The van der Waals surface area contributed by atoms with Crippen LogP contribution < -0.4 is 5.32 Å². The van der Waals surface area contributed by atoms with Crippen LogP contribution in [0.15, 0.2) is 53.0 Å². The van der Waals surface area contributed by atoms with Crippen molar-refractivity contribution in [2.24, 2.45) is 0 Å². The van der Waals surface area contributed by atoms with Crippen molar-refractivity contribution in [3.8, 4) is 0 Å². The molecule has 0 fully saturated rings. The molecule has 0 radical (unpaired) electrons. The first-order valence-corrected chi connectivity index (χ1v) is 6.23. The van der Waals surface area contributed by atoms with Gasteiger partial charge < -0.3 is 5.32 Å². The van der Waals surface area contributed by atoms with Crippen molar-refractivity contribution in [1.82, 2.24) is 0 Å². The van der Waals surface area contributed by atoms with E-state index in [0.29, 0.717) is 10.2 Å². The second-order valence-corrected chi connectivity index (χ2v) is 4.69. The van der Waals surface area contributed by atoms with Gasteiger partial charge in [-0.05, 0) is 39.7 Å². The Balaban J connectivity index is 2.05. The van der Waals surface area contributed by atoms with Gasteiger partial charge in [-0.3, -0.25) is 4.79 Å². The number of carbonyl (C=O) groups is 1.